The molecule has 0 spiro atoms. The van der Waals surface area contributed by atoms with Crippen LogP contribution in [0.3, 0.4) is 0 Å². The van der Waals surface area contributed by atoms with Gasteiger partial charge >= 0.3 is 0 Å². The van der Waals surface area contributed by atoms with Crippen LogP contribution in [-0.4, -0.2) is 66.5 Å². The van der Waals surface area contributed by atoms with E-state index >= 15 is 0 Å². The number of ether oxygens (including phenoxy) is 2. The molecule has 1 aromatic rings. The van der Waals surface area contributed by atoms with E-state index in [0.29, 0.717) is 27.3 Å². The molecule has 9 heteroatoms. The van der Waals surface area contributed by atoms with Gasteiger partial charge in [-0.05, 0) is 37.9 Å². The van der Waals surface area contributed by atoms with Crippen molar-refractivity contribution < 1.29 is 19.1 Å². The highest BCUT2D eigenvalue weighted by Gasteiger charge is 2.33. The van der Waals surface area contributed by atoms with Gasteiger partial charge in [0.15, 0.2) is 11.5 Å². The summed E-state index contributed by atoms with van der Waals surface area (Å²) in [5.41, 5.74) is 0.810. The molecule has 0 aromatic heterocycles. The number of amides is 2. The minimum absolute atomic E-state index is 0.0728. The molecule has 0 radical (unpaired) electrons. The highest BCUT2D eigenvalue weighted by atomic mass is 32.2. The number of rotatable bonds is 6. The number of nitrogens with zero attached hydrogens (tertiary/aromatic N) is 2. The Labute approximate surface area is 161 Å². The van der Waals surface area contributed by atoms with Gasteiger partial charge in [0, 0.05) is 13.1 Å². The molecule has 1 N–H and O–H groups in total. The third kappa shape index (κ3) is 4.35. The molecule has 26 heavy (non-hydrogen) atoms. The number of thiocarbonyl (C=S) groups is 1. The molecule has 2 aliphatic rings. The monoisotopic (exact) mass is 393 g/mol. The second-order valence-electron chi connectivity index (χ2n) is 6.03. The molecule has 1 saturated heterocycles. The standard InChI is InChI=1S/C17H19N3O4S2/c1-19(2)6-5-18-15(21)9-20-16(22)14(26-17(20)25)8-11-3-4-12-13(7-11)24-10-23-12/h3-4,7-8H,5-6,9-10H2,1-2H3,(H,18,21)/b14-8+. The molecule has 3 rings (SSSR count). The van der Waals surface area contributed by atoms with Crippen molar-refractivity contribution >= 4 is 46.2 Å². The van der Waals surface area contributed by atoms with Crippen LogP contribution in [0.25, 0.3) is 6.08 Å². The quantitative estimate of drug-likeness (QED) is 0.577. The highest BCUT2D eigenvalue weighted by Crippen LogP contribution is 2.36. The second kappa shape index (κ2) is 8.07. The summed E-state index contributed by atoms with van der Waals surface area (Å²) in [5.74, 6) is 0.839. The Morgan fingerprint density at radius 2 is 2.15 bits per heavy atom. The van der Waals surface area contributed by atoms with Crippen molar-refractivity contribution in [2.75, 3.05) is 40.5 Å². The van der Waals surface area contributed by atoms with Gasteiger partial charge in [-0.15, -0.1) is 0 Å². The van der Waals surface area contributed by atoms with E-state index in [9.17, 15) is 9.59 Å². The first-order valence-corrected chi connectivity index (χ1v) is 9.23. The molecule has 0 atom stereocenters. The van der Waals surface area contributed by atoms with Gasteiger partial charge in [-0.2, -0.15) is 0 Å². The average molecular weight is 393 g/mol. The Morgan fingerprint density at radius 3 is 2.92 bits per heavy atom. The Hall–Kier alpha value is -2.10. The maximum atomic E-state index is 12.6. The number of thioether (sulfide) groups is 1. The third-order valence-corrected chi connectivity index (χ3v) is 5.13. The summed E-state index contributed by atoms with van der Waals surface area (Å²) < 4.78 is 11.0. The van der Waals surface area contributed by atoms with Gasteiger partial charge in [0.2, 0.25) is 12.7 Å². The van der Waals surface area contributed by atoms with E-state index in [2.05, 4.69) is 5.32 Å². The fourth-order valence-corrected chi connectivity index (χ4v) is 3.66. The first kappa shape index (κ1) is 18.7. The third-order valence-electron chi connectivity index (χ3n) is 3.75. The minimum Gasteiger partial charge on any atom is -0.454 e. The van der Waals surface area contributed by atoms with Crippen molar-refractivity contribution in [3.05, 3.63) is 28.7 Å². The van der Waals surface area contributed by atoms with Crippen LogP contribution in [0.2, 0.25) is 0 Å². The van der Waals surface area contributed by atoms with Crippen LogP contribution in [0.1, 0.15) is 5.56 Å². The predicted octanol–water partition coefficient (Wildman–Crippen LogP) is 1.29. The van der Waals surface area contributed by atoms with Crippen molar-refractivity contribution in [2.24, 2.45) is 0 Å². The number of likely N-dealkylation sites (N-methyl/N-ethyl adjacent to an activating group) is 1. The summed E-state index contributed by atoms with van der Waals surface area (Å²) in [7, 11) is 3.85. The number of carbonyl (C=O) groups excluding carboxylic acids is 2. The summed E-state index contributed by atoms with van der Waals surface area (Å²) in [5, 5.41) is 2.78. The van der Waals surface area contributed by atoms with Crippen LogP contribution in [0, 0.1) is 0 Å². The smallest absolute Gasteiger partial charge is 0.266 e. The number of hydrogen-bond donors (Lipinski definition) is 1. The van der Waals surface area contributed by atoms with Gasteiger partial charge in [-0.3, -0.25) is 14.5 Å². The zero-order valence-corrected chi connectivity index (χ0v) is 16.1. The molecule has 2 heterocycles. The maximum Gasteiger partial charge on any atom is 0.266 e. The lowest BCUT2D eigenvalue weighted by molar-refractivity contribution is -0.128. The first-order valence-electron chi connectivity index (χ1n) is 8.00. The average Bonchev–Trinajstić information content (AvgIpc) is 3.14. The van der Waals surface area contributed by atoms with Crippen LogP contribution in [0.5, 0.6) is 11.5 Å². The van der Waals surface area contributed by atoms with Crippen LogP contribution >= 0.6 is 24.0 Å². The molecular weight excluding hydrogens is 374 g/mol. The van der Waals surface area contributed by atoms with Crippen LogP contribution in [0.15, 0.2) is 23.1 Å². The van der Waals surface area contributed by atoms with Crippen LogP contribution in [0.4, 0.5) is 0 Å². The van der Waals surface area contributed by atoms with Gasteiger partial charge < -0.3 is 19.7 Å². The van der Waals surface area contributed by atoms with E-state index in [1.807, 2.05) is 31.1 Å². The van der Waals surface area contributed by atoms with Gasteiger partial charge in [0.05, 0.1) is 4.91 Å². The zero-order valence-electron chi connectivity index (χ0n) is 14.5. The summed E-state index contributed by atoms with van der Waals surface area (Å²) in [6.45, 7) is 1.38. The van der Waals surface area contributed by atoms with Gasteiger partial charge in [-0.1, -0.05) is 30.0 Å². The van der Waals surface area contributed by atoms with Crippen molar-refractivity contribution in [2.45, 2.75) is 0 Å². The van der Waals surface area contributed by atoms with Crippen molar-refractivity contribution in [3.8, 4) is 11.5 Å². The fourth-order valence-electron chi connectivity index (χ4n) is 2.41. The van der Waals surface area contributed by atoms with Crippen LogP contribution < -0.4 is 14.8 Å². The second-order valence-corrected chi connectivity index (χ2v) is 7.71. The van der Waals surface area contributed by atoms with Crippen molar-refractivity contribution in [1.29, 1.82) is 0 Å². The molecule has 1 aromatic carbocycles. The minimum atomic E-state index is -0.263. The molecule has 2 amide bonds. The van der Waals surface area contributed by atoms with E-state index < -0.39 is 0 Å². The lowest BCUT2D eigenvalue weighted by Crippen LogP contribution is -2.41. The summed E-state index contributed by atoms with van der Waals surface area (Å²) >= 11 is 6.45. The Morgan fingerprint density at radius 1 is 1.38 bits per heavy atom. The lowest BCUT2D eigenvalue weighted by Gasteiger charge is -2.15. The molecular formula is C17H19N3O4S2. The summed E-state index contributed by atoms with van der Waals surface area (Å²) in [6, 6.07) is 5.45. The number of nitrogens with one attached hydrogen (secondary N) is 1. The number of fused-ring (bicyclic) bond motifs is 1. The van der Waals surface area contributed by atoms with E-state index in [4.69, 9.17) is 21.7 Å². The fraction of sp³-hybridized carbons (Fsp3) is 0.353. The van der Waals surface area contributed by atoms with Crippen LogP contribution in [-0.2, 0) is 9.59 Å². The Kier molecular flexibility index (Phi) is 5.80. The summed E-state index contributed by atoms with van der Waals surface area (Å²) in [6.07, 6.45) is 1.74. The zero-order chi connectivity index (χ0) is 18.7. The molecule has 7 nitrogen and oxygen atoms in total. The van der Waals surface area contributed by atoms with Crippen molar-refractivity contribution in [3.63, 3.8) is 0 Å². The van der Waals surface area contributed by atoms with Gasteiger partial charge in [-0.25, -0.2) is 0 Å². The van der Waals surface area contributed by atoms with E-state index in [0.717, 1.165) is 12.1 Å². The lowest BCUT2D eigenvalue weighted by atomic mass is 10.2. The largest absolute Gasteiger partial charge is 0.454 e. The maximum absolute atomic E-state index is 12.6. The number of hydrogen-bond acceptors (Lipinski definition) is 7. The normalized spacial score (nSPS) is 17.5. The Bertz CT molecular complexity index is 779. The molecule has 0 saturated carbocycles. The molecule has 0 bridgehead atoms. The molecule has 0 unspecified atom stereocenters. The molecule has 0 aliphatic carbocycles. The highest BCUT2D eigenvalue weighted by molar-refractivity contribution is 8.26. The number of benzene rings is 1. The van der Waals surface area contributed by atoms with E-state index in [1.54, 1.807) is 12.1 Å². The topological polar surface area (TPSA) is 71.1 Å². The Balaban J connectivity index is 1.64. The van der Waals surface area contributed by atoms with Crippen molar-refractivity contribution in [1.82, 2.24) is 15.1 Å². The molecule has 138 valence electrons. The van der Waals surface area contributed by atoms with Gasteiger partial charge in [0.1, 0.15) is 10.9 Å². The predicted molar refractivity (Wildman–Crippen MR) is 104 cm³/mol. The molecule has 1 fully saturated rings. The first-order chi connectivity index (χ1) is 12.4. The van der Waals surface area contributed by atoms with E-state index in [1.165, 1.54) is 16.7 Å². The van der Waals surface area contributed by atoms with Gasteiger partial charge in [0.25, 0.3) is 5.91 Å². The molecule has 2 aliphatic heterocycles. The number of carbonyl (C=O) groups is 2. The summed E-state index contributed by atoms with van der Waals surface area (Å²) in [4.78, 5) is 28.4. The van der Waals surface area contributed by atoms with E-state index in [-0.39, 0.29) is 25.2 Å². The SMILES string of the molecule is CN(C)CCNC(=O)CN1C(=O)/C(=C\c2ccc3c(c2)OCO3)SC1=S.